The fraction of sp³-hybridized carbons (Fsp3) is 0.786. The number of aliphatic carboxylic acids is 1. The summed E-state index contributed by atoms with van der Waals surface area (Å²) in [6, 6.07) is 1.19. The molecule has 0 amide bonds. The largest absolute Gasteiger partial charge is 0.481 e. The number of carboxylic acids is 1. The van der Waals surface area contributed by atoms with Gasteiger partial charge in [0.25, 0.3) is 0 Å². The Hall–Kier alpha value is -1.08. The minimum atomic E-state index is -0.808. The van der Waals surface area contributed by atoms with E-state index in [1.807, 2.05) is 0 Å². The van der Waals surface area contributed by atoms with Crippen LogP contribution in [0.1, 0.15) is 44.5 Å². The summed E-state index contributed by atoms with van der Waals surface area (Å²) in [6.45, 7) is 4.33. The normalized spacial score (nSPS) is 22.8. The molecule has 0 aromatic carbocycles. The number of hydrogen-bond acceptors (Lipinski definition) is 5. The van der Waals surface area contributed by atoms with Gasteiger partial charge in [-0.25, -0.2) is 0 Å². The van der Waals surface area contributed by atoms with Crippen molar-refractivity contribution in [3.8, 4) is 0 Å². The van der Waals surface area contributed by atoms with Gasteiger partial charge in [-0.3, -0.25) is 9.69 Å². The van der Waals surface area contributed by atoms with E-state index in [-0.39, 0.29) is 5.75 Å². The van der Waals surface area contributed by atoms with Crippen molar-refractivity contribution in [2.75, 3.05) is 18.8 Å². The van der Waals surface area contributed by atoms with E-state index in [2.05, 4.69) is 26.6 Å². The topological polar surface area (TPSA) is 71.2 Å². The summed E-state index contributed by atoms with van der Waals surface area (Å²) in [7, 11) is 0. The van der Waals surface area contributed by atoms with Crippen LogP contribution in [-0.2, 0) is 11.2 Å². The molecule has 0 spiro atoms. The summed E-state index contributed by atoms with van der Waals surface area (Å²) >= 11 is 1.29. The standard InChI is InChI=1S/C14H22N4O2S/c1-2-3-12-15-16-14(21-9-13(19)20)18(12)11-6-7-17(8-11)10-4-5-10/h10-11H,2-9H2,1H3,(H,19,20). The lowest BCUT2D eigenvalue weighted by atomic mass is 10.2. The fourth-order valence-electron chi connectivity index (χ4n) is 3.04. The molecular weight excluding hydrogens is 288 g/mol. The first-order valence-electron chi connectivity index (χ1n) is 7.71. The van der Waals surface area contributed by atoms with Crippen molar-refractivity contribution in [1.29, 1.82) is 0 Å². The van der Waals surface area contributed by atoms with Gasteiger partial charge < -0.3 is 9.67 Å². The molecule has 116 valence electrons. The molecule has 1 aromatic heterocycles. The number of thioether (sulfide) groups is 1. The van der Waals surface area contributed by atoms with E-state index in [0.29, 0.717) is 6.04 Å². The molecule has 21 heavy (non-hydrogen) atoms. The van der Waals surface area contributed by atoms with E-state index in [9.17, 15) is 4.79 Å². The summed E-state index contributed by atoms with van der Waals surface area (Å²) < 4.78 is 2.21. The number of carbonyl (C=O) groups is 1. The van der Waals surface area contributed by atoms with Crippen molar-refractivity contribution in [2.24, 2.45) is 0 Å². The Labute approximate surface area is 128 Å². The second-order valence-electron chi connectivity index (χ2n) is 5.87. The van der Waals surface area contributed by atoms with Gasteiger partial charge in [-0.1, -0.05) is 18.7 Å². The van der Waals surface area contributed by atoms with Gasteiger partial charge >= 0.3 is 5.97 Å². The summed E-state index contributed by atoms with van der Waals surface area (Å²) in [6.07, 6.45) is 5.71. The molecular formula is C14H22N4O2S. The van der Waals surface area contributed by atoms with Crippen molar-refractivity contribution >= 4 is 17.7 Å². The molecule has 0 bridgehead atoms. The minimum Gasteiger partial charge on any atom is -0.481 e. The smallest absolute Gasteiger partial charge is 0.313 e. The van der Waals surface area contributed by atoms with Gasteiger partial charge in [-0.15, -0.1) is 10.2 Å². The average molecular weight is 310 g/mol. The quantitative estimate of drug-likeness (QED) is 0.775. The van der Waals surface area contributed by atoms with E-state index in [1.54, 1.807) is 0 Å². The highest BCUT2D eigenvalue weighted by molar-refractivity contribution is 7.99. The lowest BCUT2D eigenvalue weighted by Gasteiger charge is -2.18. The van der Waals surface area contributed by atoms with Crippen molar-refractivity contribution < 1.29 is 9.90 Å². The zero-order valence-electron chi connectivity index (χ0n) is 12.4. The molecule has 1 aliphatic carbocycles. The van der Waals surface area contributed by atoms with Crippen molar-refractivity contribution in [3.63, 3.8) is 0 Å². The predicted molar refractivity (Wildman–Crippen MR) is 80.6 cm³/mol. The van der Waals surface area contributed by atoms with Crippen LogP contribution >= 0.6 is 11.8 Å². The molecule has 7 heteroatoms. The minimum absolute atomic E-state index is 0.0450. The first-order valence-corrected chi connectivity index (χ1v) is 8.70. The number of likely N-dealkylation sites (tertiary alicyclic amines) is 1. The van der Waals surface area contributed by atoms with Crippen LogP contribution in [0, 0.1) is 0 Å². The maximum atomic E-state index is 10.8. The SMILES string of the molecule is CCCc1nnc(SCC(=O)O)n1C1CCN(C2CC2)C1. The van der Waals surface area contributed by atoms with Crippen LogP contribution < -0.4 is 0 Å². The summed E-state index contributed by atoms with van der Waals surface area (Å²) in [4.78, 5) is 13.4. The third-order valence-corrected chi connectivity index (χ3v) is 5.08. The van der Waals surface area contributed by atoms with Gasteiger partial charge in [0.05, 0.1) is 11.8 Å². The Bertz CT molecular complexity index is 515. The molecule has 2 heterocycles. The highest BCUT2D eigenvalue weighted by atomic mass is 32.2. The van der Waals surface area contributed by atoms with Gasteiger partial charge in [-0.05, 0) is 25.7 Å². The zero-order chi connectivity index (χ0) is 14.8. The molecule has 1 aromatic rings. The molecule has 0 radical (unpaired) electrons. The fourth-order valence-corrected chi connectivity index (χ4v) is 3.79. The second-order valence-corrected chi connectivity index (χ2v) is 6.81. The number of nitrogens with zero attached hydrogens (tertiary/aromatic N) is 4. The molecule has 1 saturated carbocycles. The van der Waals surface area contributed by atoms with E-state index in [4.69, 9.17) is 5.11 Å². The van der Waals surface area contributed by atoms with Crippen LogP contribution in [0.5, 0.6) is 0 Å². The summed E-state index contributed by atoms with van der Waals surface area (Å²) in [5, 5.41) is 18.2. The molecule has 2 fully saturated rings. The molecule has 2 aliphatic rings. The Morgan fingerprint density at radius 1 is 1.33 bits per heavy atom. The molecule has 1 N–H and O–H groups in total. The molecule has 6 nitrogen and oxygen atoms in total. The number of carboxylic acid groups (broad SMARTS) is 1. The van der Waals surface area contributed by atoms with Crippen LogP contribution in [0.2, 0.25) is 0 Å². The van der Waals surface area contributed by atoms with Gasteiger partial charge in [0.1, 0.15) is 5.82 Å². The van der Waals surface area contributed by atoms with Crippen LogP contribution in [0.3, 0.4) is 0 Å². The Morgan fingerprint density at radius 2 is 2.14 bits per heavy atom. The average Bonchev–Trinajstić information content (AvgIpc) is 3.06. The summed E-state index contributed by atoms with van der Waals surface area (Å²) in [5.41, 5.74) is 0. The van der Waals surface area contributed by atoms with Gasteiger partial charge in [0.15, 0.2) is 5.16 Å². The van der Waals surface area contributed by atoms with Gasteiger partial charge in [0.2, 0.25) is 0 Å². The molecule has 1 saturated heterocycles. The number of aromatic nitrogens is 3. The van der Waals surface area contributed by atoms with E-state index < -0.39 is 5.97 Å². The molecule has 3 rings (SSSR count). The third-order valence-electron chi connectivity index (χ3n) is 4.16. The first kappa shape index (κ1) is 14.8. The number of aryl methyl sites for hydroxylation is 1. The summed E-state index contributed by atoms with van der Waals surface area (Å²) in [5.74, 6) is 0.245. The molecule has 1 unspecified atom stereocenters. The van der Waals surface area contributed by atoms with Crippen LogP contribution in [0.4, 0.5) is 0 Å². The second kappa shape index (κ2) is 6.36. The van der Waals surface area contributed by atoms with Crippen molar-refractivity contribution in [1.82, 2.24) is 19.7 Å². The van der Waals surface area contributed by atoms with Gasteiger partial charge in [-0.2, -0.15) is 0 Å². The van der Waals surface area contributed by atoms with Crippen LogP contribution in [0.25, 0.3) is 0 Å². The van der Waals surface area contributed by atoms with Crippen LogP contribution in [0.15, 0.2) is 5.16 Å². The Kier molecular flexibility index (Phi) is 4.49. The highest BCUT2D eigenvalue weighted by Crippen LogP contribution is 2.35. The van der Waals surface area contributed by atoms with E-state index >= 15 is 0 Å². The van der Waals surface area contributed by atoms with E-state index in [1.165, 1.54) is 24.6 Å². The zero-order valence-corrected chi connectivity index (χ0v) is 13.2. The Balaban J connectivity index is 1.76. The lowest BCUT2D eigenvalue weighted by molar-refractivity contribution is -0.133. The molecule has 1 aliphatic heterocycles. The predicted octanol–water partition coefficient (Wildman–Crippen LogP) is 1.82. The van der Waals surface area contributed by atoms with Crippen molar-refractivity contribution in [2.45, 2.75) is 56.3 Å². The monoisotopic (exact) mass is 310 g/mol. The maximum absolute atomic E-state index is 10.8. The lowest BCUT2D eigenvalue weighted by Crippen LogP contribution is -2.24. The number of hydrogen-bond donors (Lipinski definition) is 1. The van der Waals surface area contributed by atoms with Crippen molar-refractivity contribution in [3.05, 3.63) is 5.82 Å². The van der Waals surface area contributed by atoms with E-state index in [0.717, 1.165) is 49.4 Å². The third kappa shape index (κ3) is 3.40. The first-order chi connectivity index (χ1) is 10.2. The maximum Gasteiger partial charge on any atom is 0.313 e. The highest BCUT2D eigenvalue weighted by Gasteiger charge is 2.36. The Morgan fingerprint density at radius 3 is 2.81 bits per heavy atom. The number of rotatable bonds is 7. The van der Waals surface area contributed by atoms with Gasteiger partial charge in [0, 0.05) is 25.6 Å². The molecule has 1 atom stereocenters. The van der Waals surface area contributed by atoms with Crippen LogP contribution in [-0.4, -0.2) is 55.6 Å².